The van der Waals surface area contributed by atoms with E-state index in [0.29, 0.717) is 16.3 Å². The molecule has 0 saturated carbocycles. The summed E-state index contributed by atoms with van der Waals surface area (Å²) in [7, 11) is 0. The van der Waals surface area contributed by atoms with Crippen molar-refractivity contribution in [1.29, 1.82) is 0 Å². The lowest BCUT2D eigenvalue weighted by Crippen LogP contribution is -2.29. The van der Waals surface area contributed by atoms with E-state index in [4.69, 9.17) is 0 Å². The van der Waals surface area contributed by atoms with Gasteiger partial charge in [0.15, 0.2) is 0 Å². The fraction of sp³-hybridized carbons (Fsp3) is 0.143. The number of aryl methyl sites for hydroxylation is 2. The zero-order valence-electron chi connectivity index (χ0n) is 16.0. The smallest absolute Gasteiger partial charge is 0.319 e. The summed E-state index contributed by atoms with van der Waals surface area (Å²) < 4.78 is 1.29. The molecule has 0 fully saturated rings. The number of nitrogens with zero attached hydrogens (tertiary/aromatic N) is 3. The van der Waals surface area contributed by atoms with Crippen molar-refractivity contribution in [3.05, 3.63) is 81.8 Å². The second kappa shape index (κ2) is 7.84. The highest BCUT2D eigenvalue weighted by atomic mass is 32.1. The third kappa shape index (κ3) is 4.17. The van der Waals surface area contributed by atoms with Gasteiger partial charge in [0.05, 0.1) is 12.2 Å². The summed E-state index contributed by atoms with van der Waals surface area (Å²) in [5.41, 5.74) is 4.01. The number of nitrogens with one attached hydrogen (secondary N) is 2. The predicted molar refractivity (Wildman–Crippen MR) is 114 cm³/mol. The number of hydrogen-bond acceptors (Lipinski definition) is 5. The van der Waals surface area contributed by atoms with Crippen molar-refractivity contribution in [2.24, 2.45) is 0 Å². The minimum atomic E-state index is -0.359. The van der Waals surface area contributed by atoms with Gasteiger partial charge in [-0.25, -0.2) is 9.78 Å². The fourth-order valence-electron chi connectivity index (χ4n) is 2.94. The van der Waals surface area contributed by atoms with Crippen LogP contribution in [0.15, 0.2) is 59.4 Å². The Morgan fingerprint density at radius 3 is 2.72 bits per heavy atom. The quantitative estimate of drug-likeness (QED) is 0.541. The fourth-order valence-corrected chi connectivity index (χ4v) is 3.95. The number of amides is 2. The van der Waals surface area contributed by atoms with Gasteiger partial charge < -0.3 is 10.6 Å². The van der Waals surface area contributed by atoms with Crippen LogP contribution >= 0.6 is 11.3 Å². The summed E-state index contributed by atoms with van der Waals surface area (Å²) in [6, 6.07) is 16.4. The number of aromatic nitrogens is 3. The zero-order chi connectivity index (χ0) is 20.4. The molecule has 0 bridgehead atoms. The van der Waals surface area contributed by atoms with E-state index in [-0.39, 0.29) is 18.1 Å². The minimum Gasteiger partial charge on any atom is -0.332 e. The van der Waals surface area contributed by atoms with Crippen molar-refractivity contribution < 1.29 is 4.79 Å². The number of carbonyl (C=O) groups excluding carboxylic acids is 1. The average Bonchev–Trinajstić information content (AvgIpc) is 3.11. The van der Waals surface area contributed by atoms with Crippen LogP contribution in [0, 0.1) is 13.8 Å². The molecule has 4 rings (SSSR count). The van der Waals surface area contributed by atoms with Crippen LogP contribution in [0.1, 0.15) is 16.8 Å². The molecule has 0 aliphatic carbocycles. The molecule has 0 unspecified atom stereocenters. The van der Waals surface area contributed by atoms with Crippen molar-refractivity contribution in [3.63, 3.8) is 0 Å². The molecule has 2 N–H and O–H groups in total. The Labute approximate surface area is 171 Å². The van der Waals surface area contributed by atoms with E-state index < -0.39 is 0 Å². The van der Waals surface area contributed by atoms with Crippen LogP contribution in [-0.4, -0.2) is 20.6 Å². The van der Waals surface area contributed by atoms with E-state index in [2.05, 4.69) is 20.7 Å². The Morgan fingerprint density at radius 1 is 1.10 bits per heavy atom. The lowest BCUT2D eigenvalue weighted by molar-refractivity contribution is 0.251. The topological polar surface area (TPSA) is 88.4 Å². The second-order valence-corrected chi connectivity index (χ2v) is 7.64. The van der Waals surface area contributed by atoms with E-state index >= 15 is 0 Å². The van der Waals surface area contributed by atoms with Crippen LogP contribution in [0.25, 0.3) is 15.5 Å². The molecule has 2 aromatic heterocycles. The summed E-state index contributed by atoms with van der Waals surface area (Å²) >= 11 is 1.34. The first-order valence-corrected chi connectivity index (χ1v) is 9.88. The van der Waals surface area contributed by atoms with Gasteiger partial charge in [-0.2, -0.15) is 9.61 Å². The highest BCUT2D eigenvalue weighted by Gasteiger charge is 2.12. The summed E-state index contributed by atoms with van der Waals surface area (Å²) in [5, 5.41) is 10.6. The molecule has 2 aromatic carbocycles. The van der Waals surface area contributed by atoms with E-state index in [1.54, 1.807) is 0 Å². The molecule has 2 heterocycles. The highest BCUT2D eigenvalue weighted by molar-refractivity contribution is 7.19. The van der Waals surface area contributed by atoms with Crippen LogP contribution in [0.4, 0.5) is 10.5 Å². The molecule has 0 saturated heterocycles. The van der Waals surface area contributed by atoms with Gasteiger partial charge in [-0.15, -0.1) is 0 Å². The Morgan fingerprint density at radius 2 is 1.93 bits per heavy atom. The summed E-state index contributed by atoms with van der Waals surface area (Å²) in [6.45, 7) is 4.09. The molecule has 0 radical (unpaired) electrons. The monoisotopic (exact) mass is 405 g/mol. The Balaban J connectivity index is 1.52. The molecule has 7 nitrogen and oxygen atoms in total. The number of anilines is 1. The van der Waals surface area contributed by atoms with Gasteiger partial charge in [0.2, 0.25) is 4.96 Å². The SMILES string of the molecule is Cc1cccc(NC(=O)NCc2cc(=O)n3nc(-c4ccccc4C)sc3n2)c1. The van der Waals surface area contributed by atoms with Crippen LogP contribution in [0.5, 0.6) is 0 Å². The van der Waals surface area contributed by atoms with Crippen molar-refractivity contribution in [2.45, 2.75) is 20.4 Å². The first-order chi connectivity index (χ1) is 14.0. The van der Waals surface area contributed by atoms with Gasteiger partial charge in [0, 0.05) is 17.3 Å². The molecule has 8 heteroatoms. The first-order valence-electron chi connectivity index (χ1n) is 9.07. The van der Waals surface area contributed by atoms with Crippen LogP contribution in [0.3, 0.4) is 0 Å². The van der Waals surface area contributed by atoms with E-state index in [9.17, 15) is 9.59 Å². The third-order valence-electron chi connectivity index (χ3n) is 4.38. The summed E-state index contributed by atoms with van der Waals surface area (Å²) in [5.74, 6) is 0. The maximum atomic E-state index is 12.4. The normalized spacial score (nSPS) is 10.8. The number of urea groups is 1. The van der Waals surface area contributed by atoms with Gasteiger partial charge in [-0.3, -0.25) is 4.79 Å². The van der Waals surface area contributed by atoms with Crippen molar-refractivity contribution in [2.75, 3.05) is 5.32 Å². The van der Waals surface area contributed by atoms with Crippen LogP contribution in [-0.2, 0) is 6.54 Å². The molecular weight excluding hydrogens is 386 g/mol. The molecule has 4 aromatic rings. The lowest BCUT2D eigenvalue weighted by Gasteiger charge is -2.07. The van der Waals surface area contributed by atoms with E-state index in [1.165, 1.54) is 21.9 Å². The van der Waals surface area contributed by atoms with Crippen LogP contribution < -0.4 is 16.2 Å². The van der Waals surface area contributed by atoms with E-state index in [1.807, 2.05) is 62.4 Å². The molecule has 0 aliphatic heterocycles. The van der Waals surface area contributed by atoms with Crippen molar-refractivity contribution >= 4 is 28.0 Å². The molecular formula is C21H19N5O2S. The van der Waals surface area contributed by atoms with Gasteiger partial charge in [-0.1, -0.05) is 47.7 Å². The predicted octanol–water partition coefficient (Wildman–Crippen LogP) is 3.76. The van der Waals surface area contributed by atoms with Gasteiger partial charge >= 0.3 is 6.03 Å². The number of rotatable bonds is 4. The molecule has 29 heavy (non-hydrogen) atoms. The highest BCUT2D eigenvalue weighted by Crippen LogP contribution is 2.26. The largest absolute Gasteiger partial charge is 0.332 e. The summed E-state index contributed by atoms with van der Waals surface area (Å²) in [6.07, 6.45) is 0. The number of benzene rings is 2. The number of fused-ring (bicyclic) bond motifs is 1. The van der Waals surface area contributed by atoms with Gasteiger partial charge in [0.25, 0.3) is 5.56 Å². The van der Waals surface area contributed by atoms with E-state index in [0.717, 1.165) is 21.7 Å². The molecule has 0 atom stereocenters. The Kier molecular flexibility index (Phi) is 5.09. The molecule has 146 valence electrons. The van der Waals surface area contributed by atoms with Gasteiger partial charge in [-0.05, 0) is 37.1 Å². The number of carbonyl (C=O) groups is 1. The minimum absolute atomic E-state index is 0.140. The number of hydrogen-bond donors (Lipinski definition) is 2. The van der Waals surface area contributed by atoms with Gasteiger partial charge in [0.1, 0.15) is 5.01 Å². The zero-order valence-corrected chi connectivity index (χ0v) is 16.8. The molecule has 2 amide bonds. The Hall–Kier alpha value is -3.52. The molecule has 0 spiro atoms. The standard InChI is InChI=1S/C21H19N5O2S/c1-13-6-5-8-15(10-13)23-20(28)22-12-16-11-18(27)26-21(24-16)29-19(25-26)17-9-4-3-7-14(17)2/h3-11H,12H2,1-2H3,(H2,22,23,28). The summed E-state index contributed by atoms with van der Waals surface area (Å²) in [4.78, 5) is 29.5. The Bertz CT molecular complexity index is 1260. The first kappa shape index (κ1) is 18.8. The van der Waals surface area contributed by atoms with Crippen molar-refractivity contribution in [3.8, 4) is 10.6 Å². The van der Waals surface area contributed by atoms with Crippen LogP contribution in [0.2, 0.25) is 0 Å². The lowest BCUT2D eigenvalue weighted by atomic mass is 10.1. The molecule has 0 aliphatic rings. The van der Waals surface area contributed by atoms with Crippen molar-refractivity contribution in [1.82, 2.24) is 19.9 Å². The average molecular weight is 405 g/mol. The maximum absolute atomic E-state index is 12.4. The maximum Gasteiger partial charge on any atom is 0.319 e. The third-order valence-corrected chi connectivity index (χ3v) is 5.32. The second-order valence-electron chi connectivity index (χ2n) is 6.68.